The van der Waals surface area contributed by atoms with Gasteiger partial charge in [0.05, 0.1) is 11.3 Å². The summed E-state index contributed by atoms with van der Waals surface area (Å²) in [4.78, 5) is 25.1. The maximum Gasteiger partial charge on any atom is 0.335 e. The topological polar surface area (TPSA) is 69.6 Å². The molecule has 2 amide bonds. The lowest BCUT2D eigenvalue weighted by molar-refractivity contribution is 0.0696. The second-order valence-electron chi connectivity index (χ2n) is 6.27. The van der Waals surface area contributed by atoms with Crippen LogP contribution in [0, 0.1) is 11.6 Å². The highest BCUT2D eigenvalue weighted by Crippen LogP contribution is 2.28. The van der Waals surface area contributed by atoms with Crippen LogP contribution in [-0.2, 0) is 0 Å². The van der Waals surface area contributed by atoms with Gasteiger partial charge in [-0.3, -0.25) is 0 Å². The van der Waals surface area contributed by atoms with Crippen molar-refractivity contribution in [2.75, 3.05) is 18.4 Å². The van der Waals surface area contributed by atoms with Crippen LogP contribution in [0.25, 0.3) is 0 Å². The van der Waals surface area contributed by atoms with Gasteiger partial charge in [0, 0.05) is 25.1 Å². The van der Waals surface area contributed by atoms with Crippen LogP contribution in [0.1, 0.15) is 34.7 Å². The van der Waals surface area contributed by atoms with E-state index in [4.69, 9.17) is 5.11 Å². The standard InChI is InChI=1S/C19H18F2N2O3/c20-15-6-7-17(16(21)10-15)22-19(26)23-8-2-5-14(11-23)12-3-1-4-13(9-12)18(24)25/h1,3-4,6-7,9-10,14H,2,5,8,11H2,(H,22,26)(H,24,25). The zero-order valence-electron chi connectivity index (χ0n) is 13.9. The predicted molar refractivity (Wildman–Crippen MR) is 92.3 cm³/mol. The van der Waals surface area contributed by atoms with Crippen LogP contribution in [0.5, 0.6) is 0 Å². The number of nitrogens with one attached hydrogen (secondary N) is 1. The van der Waals surface area contributed by atoms with Crippen molar-refractivity contribution in [2.24, 2.45) is 0 Å². The summed E-state index contributed by atoms with van der Waals surface area (Å²) < 4.78 is 26.7. The number of benzene rings is 2. The normalized spacial score (nSPS) is 17.0. The molecule has 26 heavy (non-hydrogen) atoms. The van der Waals surface area contributed by atoms with Gasteiger partial charge in [0.1, 0.15) is 11.6 Å². The van der Waals surface area contributed by atoms with Crippen LogP contribution < -0.4 is 5.32 Å². The molecule has 3 rings (SSSR count). The molecule has 7 heteroatoms. The number of piperidine rings is 1. The number of urea groups is 1. The highest BCUT2D eigenvalue weighted by molar-refractivity contribution is 5.89. The fourth-order valence-corrected chi connectivity index (χ4v) is 3.14. The number of carbonyl (C=O) groups is 2. The van der Waals surface area contributed by atoms with Crippen molar-refractivity contribution < 1.29 is 23.5 Å². The lowest BCUT2D eigenvalue weighted by atomic mass is 9.90. The number of aromatic carboxylic acids is 1. The number of carboxylic acid groups (broad SMARTS) is 1. The molecular weight excluding hydrogens is 342 g/mol. The lowest BCUT2D eigenvalue weighted by Gasteiger charge is -2.33. The minimum atomic E-state index is -0.996. The minimum Gasteiger partial charge on any atom is -0.478 e. The monoisotopic (exact) mass is 360 g/mol. The number of amides is 2. The summed E-state index contributed by atoms with van der Waals surface area (Å²) in [6, 6.07) is 9.19. The first-order valence-electron chi connectivity index (χ1n) is 8.28. The summed E-state index contributed by atoms with van der Waals surface area (Å²) in [5.74, 6) is -2.53. The molecule has 2 aromatic rings. The number of carbonyl (C=O) groups excluding carboxylic acids is 1. The second-order valence-corrected chi connectivity index (χ2v) is 6.27. The first-order valence-corrected chi connectivity index (χ1v) is 8.28. The maximum atomic E-state index is 13.7. The average Bonchev–Trinajstić information content (AvgIpc) is 2.64. The van der Waals surface area contributed by atoms with Gasteiger partial charge in [-0.05, 0) is 42.7 Å². The number of hydrogen-bond donors (Lipinski definition) is 2. The third-order valence-corrected chi connectivity index (χ3v) is 4.49. The van der Waals surface area contributed by atoms with E-state index >= 15 is 0 Å². The molecule has 1 saturated heterocycles. The molecule has 0 radical (unpaired) electrons. The molecule has 1 unspecified atom stereocenters. The number of hydrogen-bond acceptors (Lipinski definition) is 2. The van der Waals surface area contributed by atoms with E-state index in [-0.39, 0.29) is 17.2 Å². The summed E-state index contributed by atoms with van der Waals surface area (Å²) in [6.07, 6.45) is 1.58. The first kappa shape index (κ1) is 17.8. The zero-order chi connectivity index (χ0) is 18.7. The number of halogens is 2. The van der Waals surface area contributed by atoms with Gasteiger partial charge in [-0.1, -0.05) is 12.1 Å². The van der Waals surface area contributed by atoms with Crippen molar-refractivity contribution >= 4 is 17.7 Å². The van der Waals surface area contributed by atoms with E-state index in [1.165, 1.54) is 12.1 Å². The number of carboxylic acids is 1. The highest BCUT2D eigenvalue weighted by Gasteiger charge is 2.25. The average molecular weight is 360 g/mol. The number of nitrogens with zero attached hydrogens (tertiary/aromatic N) is 1. The smallest absolute Gasteiger partial charge is 0.335 e. The molecule has 0 spiro atoms. The van der Waals surface area contributed by atoms with E-state index in [0.717, 1.165) is 24.5 Å². The molecule has 2 N–H and O–H groups in total. The molecule has 5 nitrogen and oxygen atoms in total. The minimum absolute atomic E-state index is 0.00636. The number of rotatable bonds is 3. The van der Waals surface area contributed by atoms with Gasteiger partial charge in [0.25, 0.3) is 0 Å². The molecule has 1 fully saturated rings. The van der Waals surface area contributed by atoms with Gasteiger partial charge in [-0.25, -0.2) is 18.4 Å². The van der Waals surface area contributed by atoms with Crippen LogP contribution >= 0.6 is 0 Å². The van der Waals surface area contributed by atoms with Crippen molar-refractivity contribution in [3.63, 3.8) is 0 Å². The molecule has 1 aliphatic rings. The van der Waals surface area contributed by atoms with Crippen molar-refractivity contribution in [2.45, 2.75) is 18.8 Å². The molecule has 0 saturated carbocycles. The summed E-state index contributed by atoms with van der Waals surface area (Å²) in [6.45, 7) is 0.918. The fourth-order valence-electron chi connectivity index (χ4n) is 3.14. The Balaban J connectivity index is 1.70. The third-order valence-electron chi connectivity index (χ3n) is 4.49. The Bertz CT molecular complexity index is 841. The maximum absolute atomic E-state index is 13.7. The Labute approximate surface area is 149 Å². The van der Waals surface area contributed by atoms with Crippen molar-refractivity contribution in [3.8, 4) is 0 Å². The van der Waals surface area contributed by atoms with Crippen molar-refractivity contribution in [3.05, 3.63) is 65.2 Å². The third kappa shape index (κ3) is 3.99. The fraction of sp³-hybridized carbons (Fsp3) is 0.263. The van der Waals surface area contributed by atoms with E-state index in [1.54, 1.807) is 17.0 Å². The Hall–Kier alpha value is -2.96. The Morgan fingerprint density at radius 3 is 2.69 bits per heavy atom. The van der Waals surface area contributed by atoms with E-state index < -0.39 is 23.6 Å². The van der Waals surface area contributed by atoms with Gasteiger partial charge >= 0.3 is 12.0 Å². The number of likely N-dealkylation sites (tertiary alicyclic amines) is 1. The van der Waals surface area contributed by atoms with Crippen LogP contribution in [-0.4, -0.2) is 35.1 Å². The molecule has 1 atom stereocenters. The lowest BCUT2D eigenvalue weighted by Crippen LogP contribution is -2.41. The van der Waals surface area contributed by atoms with Crippen LogP contribution in [0.2, 0.25) is 0 Å². The Morgan fingerprint density at radius 1 is 1.15 bits per heavy atom. The molecule has 136 valence electrons. The van der Waals surface area contributed by atoms with Crippen LogP contribution in [0.4, 0.5) is 19.3 Å². The van der Waals surface area contributed by atoms with Gasteiger partial charge in [0.15, 0.2) is 0 Å². The van der Waals surface area contributed by atoms with E-state index in [9.17, 15) is 18.4 Å². The van der Waals surface area contributed by atoms with Gasteiger partial charge in [-0.2, -0.15) is 0 Å². The van der Waals surface area contributed by atoms with Gasteiger partial charge in [-0.15, -0.1) is 0 Å². The Morgan fingerprint density at radius 2 is 1.96 bits per heavy atom. The molecular formula is C19H18F2N2O3. The molecule has 1 heterocycles. The molecule has 0 aliphatic carbocycles. The summed E-state index contributed by atoms with van der Waals surface area (Å²) in [5.41, 5.74) is 0.985. The molecule has 2 aromatic carbocycles. The quantitative estimate of drug-likeness (QED) is 0.867. The second kappa shape index (κ2) is 7.51. The van der Waals surface area contributed by atoms with Crippen molar-refractivity contribution in [1.29, 1.82) is 0 Å². The SMILES string of the molecule is O=C(O)c1cccc(C2CCCN(C(=O)Nc3ccc(F)cc3F)C2)c1. The highest BCUT2D eigenvalue weighted by atomic mass is 19.1. The van der Waals surface area contributed by atoms with Crippen LogP contribution in [0.3, 0.4) is 0 Å². The first-order chi connectivity index (χ1) is 12.4. The molecule has 0 aromatic heterocycles. The largest absolute Gasteiger partial charge is 0.478 e. The summed E-state index contributed by atoms with van der Waals surface area (Å²) >= 11 is 0. The van der Waals surface area contributed by atoms with Crippen molar-refractivity contribution in [1.82, 2.24) is 4.90 Å². The molecule has 1 aliphatic heterocycles. The predicted octanol–water partition coefficient (Wildman–Crippen LogP) is 4.07. The Kier molecular flexibility index (Phi) is 5.16. The number of anilines is 1. The van der Waals surface area contributed by atoms with E-state index in [0.29, 0.717) is 19.2 Å². The molecule has 0 bridgehead atoms. The summed E-state index contributed by atoms with van der Waals surface area (Å²) in [7, 11) is 0. The van der Waals surface area contributed by atoms with Gasteiger partial charge < -0.3 is 15.3 Å². The zero-order valence-corrected chi connectivity index (χ0v) is 13.9. The van der Waals surface area contributed by atoms with Crippen LogP contribution in [0.15, 0.2) is 42.5 Å². The van der Waals surface area contributed by atoms with E-state index in [1.807, 2.05) is 6.07 Å². The van der Waals surface area contributed by atoms with E-state index in [2.05, 4.69) is 5.32 Å². The summed E-state index contributed by atoms with van der Waals surface area (Å²) in [5, 5.41) is 11.6. The van der Waals surface area contributed by atoms with Gasteiger partial charge in [0.2, 0.25) is 0 Å².